The number of ether oxygens (including phenoxy) is 2. The van der Waals surface area contributed by atoms with Gasteiger partial charge in [0.05, 0.1) is 17.9 Å². The molecule has 1 aromatic carbocycles. The van der Waals surface area contributed by atoms with Crippen LogP contribution in [0.15, 0.2) is 18.2 Å². The number of hydrogen-bond acceptors (Lipinski definition) is 4. The lowest BCUT2D eigenvalue weighted by molar-refractivity contribution is -0.139. The molecule has 5 nitrogen and oxygen atoms in total. The van der Waals surface area contributed by atoms with Gasteiger partial charge in [0.25, 0.3) is 5.91 Å². The maximum absolute atomic E-state index is 12.8. The van der Waals surface area contributed by atoms with Gasteiger partial charge in [-0.1, -0.05) is 39.5 Å². The van der Waals surface area contributed by atoms with Gasteiger partial charge in [-0.05, 0) is 44.9 Å². The van der Waals surface area contributed by atoms with Crippen molar-refractivity contribution >= 4 is 11.6 Å². The van der Waals surface area contributed by atoms with Crippen LogP contribution in [0.4, 0.5) is 5.69 Å². The normalized spacial score (nSPS) is 12.9. The second-order valence-corrected chi connectivity index (χ2v) is 6.60. The van der Waals surface area contributed by atoms with Crippen molar-refractivity contribution < 1.29 is 14.3 Å². The summed E-state index contributed by atoms with van der Waals surface area (Å²) in [7, 11) is 0. The lowest BCUT2D eigenvalue weighted by atomic mass is 9.96. The molecule has 0 aliphatic rings. The molecule has 0 bridgehead atoms. The molecule has 0 fully saturated rings. The zero-order valence-electron chi connectivity index (χ0n) is 16.6. The Balaban J connectivity index is 2.86. The van der Waals surface area contributed by atoms with Crippen LogP contribution in [0.5, 0.6) is 5.75 Å². The molecule has 0 saturated heterocycles. The number of nitriles is 1. The fourth-order valence-electron chi connectivity index (χ4n) is 2.69. The average molecular weight is 360 g/mol. The van der Waals surface area contributed by atoms with Crippen molar-refractivity contribution in [2.75, 3.05) is 18.5 Å². The largest absolute Gasteiger partial charge is 0.494 e. The predicted octanol–water partition coefficient (Wildman–Crippen LogP) is 5.05. The third-order valence-corrected chi connectivity index (χ3v) is 4.33. The third kappa shape index (κ3) is 6.68. The molecule has 1 aromatic rings. The van der Waals surface area contributed by atoms with Crippen LogP contribution < -0.4 is 10.1 Å². The zero-order chi connectivity index (χ0) is 19.4. The summed E-state index contributed by atoms with van der Waals surface area (Å²) in [6.45, 7) is 9.00. The summed E-state index contributed by atoms with van der Waals surface area (Å²) >= 11 is 0. The van der Waals surface area contributed by atoms with Crippen LogP contribution in [-0.2, 0) is 9.53 Å². The minimum Gasteiger partial charge on any atom is -0.494 e. The van der Waals surface area contributed by atoms with Crippen LogP contribution in [0.1, 0.15) is 71.8 Å². The van der Waals surface area contributed by atoms with Gasteiger partial charge in [-0.2, -0.15) is 5.26 Å². The maximum atomic E-state index is 12.8. The molecular weight excluding hydrogens is 328 g/mol. The van der Waals surface area contributed by atoms with Crippen LogP contribution in [0.2, 0.25) is 0 Å². The third-order valence-electron chi connectivity index (χ3n) is 4.33. The highest BCUT2D eigenvalue weighted by molar-refractivity contribution is 5.98. The fourth-order valence-corrected chi connectivity index (χ4v) is 2.69. The Kier molecular flexibility index (Phi) is 9.75. The molecule has 0 aromatic heterocycles. The van der Waals surface area contributed by atoms with Crippen molar-refractivity contribution in [3.63, 3.8) is 0 Å². The molecule has 144 valence electrons. The number of hydrogen-bond donors (Lipinski definition) is 1. The van der Waals surface area contributed by atoms with Crippen LogP contribution in [-0.4, -0.2) is 24.7 Å². The Labute approximate surface area is 157 Å². The van der Waals surface area contributed by atoms with Gasteiger partial charge in [-0.3, -0.25) is 4.79 Å². The molecule has 1 unspecified atom stereocenters. The molecule has 0 aliphatic heterocycles. The SMILES string of the molecule is CCCCCC(C)(OCC)C(=O)Nc1ccc(OCCCC)cc1C#N. The number of rotatable bonds is 12. The summed E-state index contributed by atoms with van der Waals surface area (Å²) in [6, 6.07) is 7.30. The van der Waals surface area contributed by atoms with Crippen molar-refractivity contribution in [3.8, 4) is 11.8 Å². The van der Waals surface area contributed by atoms with E-state index in [1.165, 1.54) is 0 Å². The number of unbranched alkanes of at least 4 members (excludes halogenated alkanes) is 3. The number of benzene rings is 1. The second-order valence-electron chi connectivity index (χ2n) is 6.60. The number of carbonyl (C=O) groups is 1. The van der Waals surface area contributed by atoms with Gasteiger partial charge in [0, 0.05) is 6.61 Å². The summed E-state index contributed by atoms with van der Waals surface area (Å²) in [5, 5.41) is 12.3. The molecule has 26 heavy (non-hydrogen) atoms. The summed E-state index contributed by atoms with van der Waals surface area (Å²) in [5.74, 6) is 0.426. The highest BCUT2D eigenvalue weighted by Gasteiger charge is 2.33. The van der Waals surface area contributed by atoms with E-state index in [1.54, 1.807) is 18.2 Å². The monoisotopic (exact) mass is 360 g/mol. The maximum Gasteiger partial charge on any atom is 0.256 e. The predicted molar refractivity (Wildman–Crippen MR) is 104 cm³/mol. The number of amides is 1. The Morgan fingerprint density at radius 3 is 2.54 bits per heavy atom. The Bertz CT molecular complexity index is 610. The first-order valence-corrected chi connectivity index (χ1v) is 9.63. The molecule has 1 amide bonds. The van der Waals surface area contributed by atoms with Crippen molar-refractivity contribution in [1.82, 2.24) is 0 Å². The van der Waals surface area contributed by atoms with Crippen LogP contribution in [0.3, 0.4) is 0 Å². The van der Waals surface area contributed by atoms with E-state index >= 15 is 0 Å². The minimum absolute atomic E-state index is 0.216. The van der Waals surface area contributed by atoms with E-state index in [4.69, 9.17) is 9.47 Å². The van der Waals surface area contributed by atoms with Gasteiger partial charge < -0.3 is 14.8 Å². The number of anilines is 1. The number of nitrogens with zero attached hydrogens (tertiary/aromatic N) is 1. The highest BCUT2D eigenvalue weighted by atomic mass is 16.5. The Morgan fingerprint density at radius 1 is 1.19 bits per heavy atom. The van der Waals surface area contributed by atoms with E-state index in [-0.39, 0.29) is 5.91 Å². The molecule has 0 spiro atoms. The van der Waals surface area contributed by atoms with E-state index in [1.807, 2.05) is 13.8 Å². The summed E-state index contributed by atoms with van der Waals surface area (Å²) < 4.78 is 11.4. The number of carbonyl (C=O) groups excluding carboxylic acids is 1. The number of nitrogens with one attached hydrogen (secondary N) is 1. The highest BCUT2D eigenvalue weighted by Crippen LogP contribution is 2.26. The van der Waals surface area contributed by atoms with Crippen LogP contribution in [0, 0.1) is 11.3 Å². The second kappa shape index (κ2) is 11.5. The molecule has 0 saturated carbocycles. The smallest absolute Gasteiger partial charge is 0.256 e. The lowest BCUT2D eigenvalue weighted by Crippen LogP contribution is -2.43. The van der Waals surface area contributed by atoms with Gasteiger partial charge in [-0.15, -0.1) is 0 Å². The first-order valence-electron chi connectivity index (χ1n) is 9.63. The van der Waals surface area contributed by atoms with Gasteiger partial charge in [0.15, 0.2) is 0 Å². The van der Waals surface area contributed by atoms with Crippen molar-refractivity contribution in [1.29, 1.82) is 5.26 Å². The molecule has 0 heterocycles. The van der Waals surface area contributed by atoms with E-state index in [0.29, 0.717) is 36.6 Å². The molecule has 0 aliphatic carbocycles. The van der Waals surface area contributed by atoms with Crippen LogP contribution >= 0.6 is 0 Å². The van der Waals surface area contributed by atoms with Crippen molar-refractivity contribution in [3.05, 3.63) is 23.8 Å². The molecule has 1 N–H and O–H groups in total. The van der Waals surface area contributed by atoms with Crippen LogP contribution in [0.25, 0.3) is 0 Å². The molecule has 0 radical (unpaired) electrons. The Hall–Kier alpha value is -2.06. The standard InChI is InChI=1S/C21H32N2O3/c1-5-8-10-13-21(4,26-7-3)20(24)23-19-12-11-18(15-17(19)16-22)25-14-9-6-2/h11-12,15H,5-10,13-14H2,1-4H3,(H,23,24). The van der Waals surface area contributed by atoms with E-state index in [9.17, 15) is 10.1 Å². The first kappa shape index (κ1) is 22.0. The van der Waals surface area contributed by atoms with Crippen molar-refractivity contribution in [2.24, 2.45) is 0 Å². The fraction of sp³-hybridized carbons (Fsp3) is 0.619. The topological polar surface area (TPSA) is 71.3 Å². The molecular formula is C21H32N2O3. The van der Waals surface area contributed by atoms with E-state index in [2.05, 4.69) is 25.2 Å². The van der Waals surface area contributed by atoms with Crippen molar-refractivity contribution in [2.45, 2.75) is 71.8 Å². The average Bonchev–Trinajstić information content (AvgIpc) is 2.63. The van der Waals surface area contributed by atoms with E-state index < -0.39 is 5.60 Å². The van der Waals surface area contributed by atoms with Gasteiger partial charge in [-0.25, -0.2) is 0 Å². The minimum atomic E-state index is -0.896. The zero-order valence-corrected chi connectivity index (χ0v) is 16.6. The first-order chi connectivity index (χ1) is 12.5. The van der Waals surface area contributed by atoms with Gasteiger partial charge in [0.2, 0.25) is 0 Å². The molecule has 1 atom stereocenters. The van der Waals surface area contributed by atoms with Gasteiger partial charge in [0.1, 0.15) is 17.4 Å². The summed E-state index contributed by atoms with van der Waals surface area (Å²) in [4.78, 5) is 12.8. The molecule has 5 heteroatoms. The molecule has 1 rings (SSSR count). The lowest BCUT2D eigenvalue weighted by Gasteiger charge is -2.28. The van der Waals surface area contributed by atoms with E-state index in [0.717, 1.165) is 32.1 Å². The van der Waals surface area contributed by atoms with Gasteiger partial charge >= 0.3 is 0 Å². The Morgan fingerprint density at radius 2 is 1.92 bits per heavy atom. The summed E-state index contributed by atoms with van der Waals surface area (Å²) in [5.41, 5.74) is -0.0195. The quantitative estimate of drug-likeness (QED) is 0.529. The summed E-state index contributed by atoms with van der Waals surface area (Å²) in [6.07, 6.45) is 5.74.